The van der Waals surface area contributed by atoms with E-state index in [9.17, 15) is 9.59 Å². The number of carbonyl (C=O) groups is 2. The zero-order valence-electron chi connectivity index (χ0n) is 18.6. The van der Waals surface area contributed by atoms with E-state index in [-0.39, 0.29) is 12.0 Å². The summed E-state index contributed by atoms with van der Waals surface area (Å²) in [5.74, 6) is 2.89. The van der Waals surface area contributed by atoms with E-state index < -0.39 is 5.60 Å². The zero-order valence-corrected chi connectivity index (χ0v) is 18.6. The van der Waals surface area contributed by atoms with E-state index in [1.165, 1.54) is 12.5 Å². The summed E-state index contributed by atoms with van der Waals surface area (Å²) in [6, 6.07) is 3.93. The first-order chi connectivity index (χ1) is 14.2. The van der Waals surface area contributed by atoms with Gasteiger partial charge in [0.2, 0.25) is 5.91 Å². The Morgan fingerprint density at radius 1 is 1.23 bits per heavy atom. The second-order valence-corrected chi connectivity index (χ2v) is 9.35. The van der Waals surface area contributed by atoms with Crippen molar-refractivity contribution in [1.29, 1.82) is 0 Å². The van der Waals surface area contributed by atoms with Crippen molar-refractivity contribution in [3.8, 4) is 0 Å². The number of nitrogens with one attached hydrogen (secondary N) is 1. The number of ether oxygens (including phenoxy) is 1. The van der Waals surface area contributed by atoms with Crippen LogP contribution in [0.5, 0.6) is 0 Å². The third-order valence-electron chi connectivity index (χ3n) is 5.50. The maximum Gasteiger partial charge on any atom is 0.410 e. The van der Waals surface area contributed by atoms with Crippen LogP contribution in [-0.4, -0.2) is 66.7 Å². The fourth-order valence-corrected chi connectivity index (χ4v) is 3.59. The molecule has 7 heteroatoms. The Labute approximate surface area is 179 Å². The number of amides is 2. The van der Waals surface area contributed by atoms with Crippen LogP contribution in [0.2, 0.25) is 0 Å². The molecule has 1 aliphatic carbocycles. The van der Waals surface area contributed by atoms with Gasteiger partial charge in [-0.1, -0.05) is 6.92 Å². The minimum atomic E-state index is -0.462. The molecule has 1 saturated heterocycles. The van der Waals surface area contributed by atoms with Crippen LogP contribution >= 0.6 is 0 Å². The summed E-state index contributed by atoms with van der Waals surface area (Å²) in [7, 11) is 0. The van der Waals surface area contributed by atoms with Gasteiger partial charge in [-0.2, -0.15) is 0 Å². The molecule has 30 heavy (non-hydrogen) atoms. The van der Waals surface area contributed by atoms with Gasteiger partial charge in [0.1, 0.15) is 17.1 Å². The highest BCUT2D eigenvalue weighted by Gasteiger charge is 2.36. The number of rotatable bonds is 7. The molecule has 2 unspecified atom stereocenters. The van der Waals surface area contributed by atoms with Gasteiger partial charge < -0.3 is 19.4 Å². The SMILES string of the molecule is CC1CC1c1ccc(/C=C/C(=O)NCCCN2CCN(C(=O)OC(C)(C)C)CC2)o1. The monoisotopic (exact) mass is 417 g/mol. The van der Waals surface area contributed by atoms with Crippen molar-refractivity contribution in [2.24, 2.45) is 5.92 Å². The lowest BCUT2D eigenvalue weighted by atomic mass is 10.2. The van der Waals surface area contributed by atoms with Gasteiger partial charge in [-0.3, -0.25) is 9.69 Å². The van der Waals surface area contributed by atoms with Crippen molar-refractivity contribution in [1.82, 2.24) is 15.1 Å². The third-order valence-corrected chi connectivity index (χ3v) is 5.50. The van der Waals surface area contributed by atoms with Crippen LogP contribution in [0.4, 0.5) is 4.79 Å². The smallest absolute Gasteiger partial charge is 0.410 e. The summed E-state index contributed by atoms with van der Waals surface area (Å²) in [4.78, 5) is 28.2. The summed E-state index contributed by atoms with van der Waals surface area (Å²) < 4.78 is 11.2. The molecule has 1 saturated carbocycles. The Morgan fingerprint density at radius 3 is 2.57 bits per heavy atom. The van der Waals surface area contributed by atoms with Gasteiger partial charge in [0.15, 0.2) is 0 Å². The Bertz CT molecular complexity index is 757. The van der Waals surface area contributed by atoms with E-state index in [0.717, 1.165) is 37.6 Å². The van der Waals surface area contributed by atoms with Gasteiger partial charge in [-0.25, -0.2) is 4.79 Å². The van der Waals surface area contributed by atoms with Gasteiger partial charge >= 0.3 is 6.09 Å². The van der Waals surface area contributed by atoms with Crippen LogP contribution in [0.1, 0.15) is 58.0 Å². The zero-order chi connectivity index (χ0) is 21.7. The van der Waals surface area contributed by atoms with E-state index in [4.69, 9.17) is 9.15 Å². The van der Waals surface area contributed by atoms with Crippen molar-refractivity contribution in [2.75, 3.05) is 39.3 Å². The molecule has 166 valence electrons. The third kappa shape index (κ3) is 6.90. The summed E-state index contributed by atoms with van der Waals surface area (Å²) >= 11 is 0. The van der Waals surface area contributed by atoms with E-state index >= 15 is 0 Å². The highest BCUT2D eigenvalue weighted by atomic mass is 16.6. The number of furan rings is 1. The quantitative estimate of drug-likeness (QED) is 0.543. The van der Waals surface area contributed by atoms with Gasteiger partial charge in [-0.05, 0) is 64.3 Å². The average Bonchev–Trinajstić information content (AvgIpc) is 3.22. The average molecular weight is 418 g/mol. The largest absolute Gasteiger partial charge is 0.461 e. The van der Waals surface area contributed by atoms with Crippen LogP contribution < -0.4 is 5.32 Å². The fraction of sp³-hybridized carbons (Fsp3) is 0.652. The van der Waals surface area contributed by atoms with Crippen LogP contribution in [-0.2, 0) is 9.53 Å². The van der Waals surface area contributed by atoms with E-state index in [2.05, 4.69) is 17.1 Å². The van der Waals surface area contributed by atoms with Gasteiger partial charge in [0.05, 0.1) is 0 Å². The second kappa shape index (κ2) is 9.69. The van der Waals surface area contributed by atoms with Crippen LogP contribution in [0, 0.1) is 5.92 Å². The maximum absolute atomic E-state index is 12.1. The van der Waals surface area contributed by atoms with E-state index in [1.54, 1.807) is 11.0 Å². The summed E-state index contributed by atoms with van der Waals surface area (Å²) in [5.41, 5.74) is -0.462. The number of hydrogen-bond acceptors (Lipinski definition) is 5. The first kappa shape index (κ1) is 22.4. The van der Waals surface area contributed by atoms with E-state index in [0.29, 0.717) is 31.5 Å². The number of nitrogens with zero attached hydrogens (tertiary/aromatic N) is 2. The lowest BCUT2D eigenvalue weighted by Crippen LogP contribution is -2.50. The minimum absolute atomic E-state index is 0.109. The molecule has 0 radical (unpaired) electrons. The van der Waals surface area contributed by atoms with Crippen LogP contribution in [0.25, 0.3) is 6.08 Å². The summed E-state index contributed by atoms with van der Waals surface area (Å²) in [6.45, 7) is 12.4. The molecule has 0 spiro atoms. The first-order valence-corrected chi connectivity index (χ1v) is 11.0. The standard InChI is InChI=1S/C23H35N3O4/c1-17-16-19(17)20-8-6-18(29-20)7-9-21(27)24-10-5-11-25-12-14-26(15-13-25)22(28)30-23(2,3)4/h6-9,17,19H,5,10-16H2,1-4H3,(H,24,27)/b9-7+. The predicted molar refractivity (Wildman–Crippen MR) is 116 cm³/mol. The van der Waals surface area contributed by atoms with Crippen LogP contribution in [0.3, 0.4) is 0 Å². The Morgan fingerprint density at radius 2 is 1.93 bits per heavy atom. The molecule has 2 amide bonds. The Balaban J connectivity index is 1.28. The summed E-state index contributed by atoms with van der Waals surface area (Å²) in [5, 5.41) is 2.92. The van der Waals surface area contributed by atoms with Crippen molar-refractivity contribution in [2.45, 2.75) is 52.1 Å². The highest BCUT2D eigenvalue weighted by molar-refractivity contribution is 5.91. The van der Waals surface area contributed by atoms with Gasteiger partial charge in [0, 0.05) is 44.7 Å². The van der Waals surface area contributed by atoms with Crippen molar-refractivity contribution in [3.63, 3.8) is 0 Å². The Kier molecular flexibility index (Phi) is 7.23. The lowest BCUT2D eigenvalue weighted by Gasteiger charge is -2.35. The molecule has 7 nitrogen and oxygen atoms in total. The number of carbonyl (C=O) groups excluding carboxylic acids is 2. The molecule has 3 rings (SSSR count). The molecule has 2 fully saturated rings. The molecular formula is C23H35N3O4. The second-order valence-electron chi connectivity index (χ2n) is 9.35. The first-order valence-electron chi connectivity index (χ1n) is 11.0. The maximum atomic E-state index is 12.1. The minimum Gasteiger partial charge on any atom is -0.461 e. The highest BCUT2D eigenvalue weighted by Crippen LogP contribution is 2.47. The topological polar surface area (TPSA) is 75.0 Å². The van der Waals surface area contributed by atoms with Crippen molar-refractivity contribution >= 4 is 18.1 Å². The van der Waals surface area contributed by atoms with Gasteiger partial charge in [-0.15, -0.1) is 0 Å². The van der Waals surface area contributed by atoms with Crippen molar-refractivity contribution < 1.29 is 18.7 Å². The number of hydrogen-bond donors (Lipinski definition) is 1. The summed E-state index contributed by atoms with van der Waals surface area (Å²) in [6.07, 6.45) is 5.07. The molecule has 0 aromatic carbocycles. The molecule has 2 aliphatic rings. The molecule has 1 N–H and O–H groups in total. The molecule has 1 aromatic rings. The van der Waals surface area contributed by atoms with Crippen LogP contribution in [0.15, 0.2) is 22.6 Å². The Hall–Kier alpha value is -2.28. The van der Waals surface area contributed by atoms with Gasteiger partial charge in [0.25, 0.3) is 0 Å². The normalized spacial score (nSPS) is 22.3. The number of piperazine rings is 1. The predicted octanol–water partition coefficient (Wildman–Crippen LogP) is 3.48. The van der Waals surface area contributed by atoms with E-state index in [1.807, 2.05) is 32.9 Å². The molecule has 1 aromatic heterocycles. The fourth-order valence-electron chi connectivity index (χ4n) is 3.59. The molecule has 2 heterocycles. The molecule has 1 aliphatic heterocycles. The molecular weight excluding hydrogens is 382 g/mol. The molecule has 0 bridgehead atoms. The molecule has 2 atom stereocenters. The van der Waals surface area contributed by atoms with Crippen molar-refractivity contribution in [3.05, 3.63) is 29.7 Å². The lowest BCUT2D eigenvalue weighted by molar-refractivity contribution is -0.116.